The molecule has 0 bridgehead atoms. The zero-order chi connectivity index (χ0) is 15.1. The van der Waals surface area contributed by atoms with Crippen molar-refractivity contribution in [3.05, 3.63) is 59.6 Å². The Morgan fingerprint density at radius 3 is 2.81 bits per heavy atom. The van der Waals surface area contributed by atoms with Crippen LogP contribution in [-0.4, -0.2) is 13.0 Å². The van der Waals surface area contributed by atoms with E-state index < -0.39 is 0 Å². The van der Waals surface area contributed by atoms with Gasteiger partial charge < -0.3 is 14.5 Å². The van der Waals surface area contributed by atoms with Gasteiger partial charge in [-0.3, -0.25) is 4.79 Å². The van der Waals surface area contributed by atoms with Gasteiger partial charge in [0.05, 0.1) is 7.11 Å². The molecule has 0 unspecified atom stereocenters. The standard InChI is InChI=1S/C17H19NO3/c1-3-14-8-9-15(21-14)10-11-17(19)18-12-13-6-4-5-7-16(13)20-2/h4-11H,3,12H2,1-2H3,(H,18,19)/b11-10+. The van der Waals surface area contributed by atoms with Crippen LogP contribution in [0, 0.1) is 0 Å². The maximum atomic E-state index is 11.8. The maximum Gasteiger partial charge on any atom is 0.244 e. The Morgan fingerprint density at radius 2 is 2.10 bits per heavy atom. The summed E-state index contributed by atoms with van der Waals surface area (Å²) in [5.41, 5.74) is 0.938. The molecule has 0 atom stereocenters. The summed E-state index contributed by atoms with van der Waals surface area (Å²) < 4.78 is 10.7. The number of methoxy groups -OCH3 is 1. The number of rotatable bonds is 6. The number of amides is 1. The topological polar surface area (TPSA) is 51.5 Å². The van der Waals surface area contributed by atoms with Gasteiger partial charge in [0.15, 0.2) is 0 Å². The van der Waals surface area contributed by atoms with Gasteiger partial charge in [0.25, 0.3) is 0 Å². The maximum absolute atomic E-state index is 11.8. The molecule has 2 aromatic rings. The van der Waals surface area contributed by atoms with Crippen LogP contribution < -0.4 is 10.1 Å². The number of para-hydroxylation sites is 1. The molecule has 1 amide bonds. The predicted octanol–water partition coefficient (Wildman–Crippen LogP) is 3.18. The summed E-state index contributed by atoms with van der Waals surface area (Å²) in [7, 11) is 1.61. The van der Waals surface area contributed by atoms with E-state index in [0.717, 1.165) is 23.5 Å². The Hall–Kier alpha value is -2.49. The van der Waals surface area contributed by atoms with Gasteiger partial charge in [-0.05, 0) is 24.3 Å². The summed E-state index contributed by atoms with van der Waals surface area (Å²) in [5.74, 6) is 2.18. The Morgan fingerprint density at radius 1 is 1.29 bits per heavy atom. The highest BCUT2D eigenvalue weighted by molar-refractivity contribution is 5.91. The second kappa shape index (κ2) is 7.33. The fourth-order valence-corrected chi connectivity index (χ4v) is 1.92. The van der Waals surface area contributed by atoms with E-state index >= 15 is 0 Å². The highest BCUT2D eigenvalue weighted by atomic mass is 16.5. The van der Waals surface area contributed by atoms with Crippen molar-refractivity contribution in [2.45, 2.75) is 19.9 Å². The SMILES string of the molecule is CCc1ccc(/C=C/C(=O)NCc2ccccc2OC)o1. The van der Waals surface area contributed by atoms with Crippen LogP contribution in [0.3, 0.4) is 0 Å². The van der Waals surface area contributed by atoms with E-state index in [1.165, 1.54) is 6.08 Å². The number of ether oxygens (including phenoxy) is 1. The molecular formula is C17H19NO3. The highest BCUT2D eigenvalue weighted by Gasteiger charge is 2.03. The van der Waals surface area contributed by atoms with E-state index in [0.29, 0.717) is 12.3 Å². The zero-order valence-corrected chi connectivity index (χ0v) is 12.3. The molecule has 0 fully saturated rings. The minimum absolute atomic E-state index is 0.171. The van der Waals surface area contributed by atoms with Gasteiger partial charge in [0.2, 0.25) is 5.91 Å². The lowest BCUT2D eigenvalue weighted by Crippen LogP contribution is -2.20. The zero-order valence-electron chi connectivity index (χ0n) is 12.3. The van der Waals surface area contributed by atoms with Crippen LogP contribution in [0.15, 0.2) is 46.9 Å². The van der Waals surface area contributed by atoms with Crippen LogP contribution in [0.5, 0.6) is 5.75 Å². The minimum Gasteiger partial charge on any atom is -0.496 e. The van der Waals surface area contributed by atoms with Crippen molar-refractivity contribution in [1.82, 2.24) is 5.32 Å². The number of carbonyl (C=O) groups excluding carboxylic acids is 1. The van der Waals surface area contributed by atoms with E-state index in [1.54, 1.807) is 13.2 Å². The lowest BCUT2D eigenvalue weighted by Gasteiger charge is -2.08. The molecule has 2 rings (SSSR count). The fraction of sp³-hybridized carbons (Fsp3) is 0.235. The summed E-state index contributed by atoms with van der Waals surface area (Å²) in [6.07, 6.45) is 3.97. The second-order valence-corrected chi connectivity index (χ2v) is 4.52. The predicted molar refractivity (Wildman–Crippen MR) is 82.0 cm³/mol. The first-order valence-corrected chi connectivity index (χ1v) is 6.89. The highest BCUT2D eigenvalue weighted by Crippen LogP contribution is 2.16. The Balaban J connectivity index is 1.90. The number of nitrogens with one attached hydrogen (secondary N) is 1. The molecule has 0 saturated carbocycles. The molecule has 110 valence electrons. The molecule has 1 aromatic carbocycles. The first-order chi connectivity index (χ1) is 10.2. The van der Waals surface area contributed by atoms with Crippen LogP contribution in [0.25, 0.3) is 6.08 Å². The monoisotopic (exact) mass is 285 g/mol. The van der Waals surface area contributed by atoms with Crippen LogP contribution in [0.2, 0.25) is 0 Å². The van der Waals surface area contributed by atoms with E-state index in [4.69, 9.17) is 9.15 Å². The number of aryl methyl sites for hydroxylation is 1. The molecule has 1 N–H and O–H groups in total. The van der Waals surface area contributed by atoms with Gasteiger partial charge in [-0.2, -0.15) is 0 Å². The van der Waals surface area contributed by atoms with Crippen LogP contribution in [0.4, 0.5) is 0 Å². The lowest BCUT2D eigenvalue weighted by molar-refractivity contribution is -0.116. The smallest absolute Gasteiger partial charge is 0.244 e. The number of hydrogen-bond donors (Lipinski definition) is 1. The number of carbonyl (C=O) groups is 1. The van der Waals surface area contributed by atoms with Gasteiger partial charge in [-0.1, -0.05) is 25.1 Å². The van der Waals surface area contributed by atoms with E-state index in [9.17, 15) is 4.79 Å². The average molecular weight is 285 g/mol. The first kappa shape index (κ1) is 14.9. The quantitative estimate of drug-likeness (QED) is 0.829. The number of hydrogen-bond acceptors (Lipinski definition) is 3. The largest absolute Gasteiger partial charge is 0.496 e. The summed E-state index contributed by atoms with van der Waals surface area (Å²) in [4.78, 5) is 11.8. The van der Waals surface area contributed by atoms with Crippen LogP contribution in [0.1, 0.15) is 24.0 Å². The van der Waals surface area contributed by atoms with E-state index in [1.807, 2.05) is 43.3 Å². The molecule has 4 nitrogen and oxygen atoms in total. The molecule has 0 aliphatic rings. The molecule has 0 aliphatic heterocycles. The Kier molecular flexibility index (Phi) is 5.21. The molecule has 0 radical (unpaired) electrons. The van der Waals surface area contributed by atoms with Crippen molar-refractivity contribution < 1.29 is 13.9 Å². The molecule has 1 aromatic heterocycles. The Bertz CT molecular complexity index is 628. The summed E-state index contributed by atoms with van der Waals surface area (Å²) in [5, 5.41) is 2.82. The normalized spacial score (nSPS) is 10.8. The summed E-state index contributed by atoms with van der Waals surface area (Å²) in [6.45, 7) is 2.44. The van der Waals surface area contributed by atoms with Crippen molar-refractivity contribution in [3.8, 4) is 5.75 Å². The molecule has 4 heteroatoms. The molecule has 21 heavy (non-hydrogen) atoms. The second-order valence-electron chi connectivity index (χ2n) is 4.52. The number of benzene rings is 1. The van der Waals surface area contributed by atoms with Crippen molar-refractivity contribution in [3.63, 3.8) is 0 Å². The molecule has 0 spiro atoms. The third-order valence-corrected chi connectivity index (χ3v) is 3.08. The average Bonchev–Trinajstić information content (AvgIpc) is 2.99. The molecular weight excluding hydrogens is 266 g/mol. The fourth-order valence-electron chi connectivity index (χ4n) is 1.92. The Labute approximate surface area is 124 Å². The van der Waals surface area contributed by atoms with Gasteiger partial charge >= 0.3 is 0 Å². The molecule has 1 heterocycles. The lowest BCUT2D eigenvalue weighted by atomic mass is 10.2. The minimum atomic E-state index is -0.171. The van der Waals surface area contributed by atoms with Gasteiger partial charge in [0, 0.05) is 24.6 Å². The van der Waals surface area contributed by atoms with Crippen LogP contribution in [-0.2, 0) is 17.8 Å². The summed E-state index contributed by atoms with van der Waals surface area (Å²) in [6, 6.07) is 11.4. The van der Waals surface area contributed by atoms with Gasteiger partial charge in [0.1, 0.15) is 17.3 Å². The van der Waals surface area contributed by atoms with Crippen molar-refractivity contribution in [2.24, 2.45) is 0 Å². The third kappa shape index (κ3) is 4.24. The number of furan rings is 1. The molecule has 0 saturated heterocycles. The summed E-state index contributed by atoms with van der Waals surface area (Å²) >= 11 is 0. The van der Waals surface area contributed by atoms with Crippen molar-refractivity contribution >= 4 is 12.0 Å². The van der Waals surface area contributed by atoms with Gasteiger partial charge in [-0.25, -0.2) is 0 Å². The third-order valence-electron chi connectivity index (χ3n) is 3.08. The van der Waals surface area contributed by atoms with Crippen LogP contribution >= 0.6 is 0 Å². The molecule has 0 aliphatic carbocycles. The van der Waals surface area contributed by atoms with Crippen molar-refractivity contribution in [2.75, 3.05) is 7.11 Å². The first-order valence-electron chi connectivity index (χ1n) is 6.89. The van der Waals surface area contributed by atoms with E-state index in [2.05, 4.69) is 5.32 Å². The van der Waals surface area contributed by atoms with E-state index in [-0.39, 0.29) is 5.91 Å². The van der Waals surface area contributed by atoms with Crippen molar-refractivity contribution in [1.29, 1.82) is 0 Å². The van der Waals surface area contributed by atoms with Gasteiger partial charge in [-0.15, -0.1) is 0 Å².